The molecule has 3 heterocycles. The van der Waals surface area contributed by atoms with Crippen LogP contribution in [-0.4, -0.2) is 39.9 Å². The number of rotatable bonds is 3. The number of aromatic nitrogens is 1. The molecule has 156 valence electrons. The zero-order valence-electron chi connectivity index (χ0n) is 17.0. The highest BCUT2D eigenvalue weighted by molar-refractivity contribution is 6.20. The quantitative estimate of drug-likeness (QED) is 0.532. The lowest BCUT2D eigenvalue weighted by Crippen LogP contribution is -2.47. The minimum absolute atomic E-state index is 0.353. The van der Waals surface area contributed by atoms with Gasteiger partial charge in [0.25, 0.3) is 0 Å². The normalized spacial score (nSPS) is 44.7. The van der Waals surface area contributed by atoms with E-state index in [-0.39, 0.29) is 0 Å². The lowest BCUT2D eigenvalue weighted by atomic mass is 9.67. The van der Waals surface area contributed by atoms with Crippen LogP contribution < -0.4 is 0 Å². The Bertz CT molecular complexity index is 663. The molecule has 1 aromatic heterocycles. The van der Waals surface area contributed by atoms with E-state index >= 15 is 0 Å². The van der Waals surface area contributed by atoms with Crippen LogP contribution in [0.4, 0.5) is 0 Å². The third kappa shape index (κ3) is 3.65. The zero-order valence-corrected chi connectivity index (χ0v) is 18.5. The topological polar surface area (TPSA) is 29.3 Å². The summed E-state index contributed by atoms with van der Waals surface area (Å²) in [5.74, 6) is 3.74. The summed E-state index contributed by atoms with van der Waals surface area (Å²) in [6.07, 6.45) is 13.4. The Morgan fingerprint density at radius 1 is 0.929 bits per heavy atom. The SMILES string of the molecule is CN1C2CCC1[C@@H](c1cc(C3CCC(Cl)CC3)no1)[C@@H](C1CCC(Cl)CC1)C2. The molecule has 5 rings (SSSR count). The Morgan fingerprint density at radius 3 is 2.32 bits per heavy atom. The molecule has 1 aromatic rings. The Labute approximate surface area is 179 Å². The zero-order chi connectivity index (χ0) is 19.3. The molecule has 4 fully saturated rings. The van der Waals surface area contributed by atoms with Crippen molar-refractivity contribution >= 4 is 23.2 Å². The third-order valence-electron chi connectivity index (χ3n) is 8.57. The fraction of sp³-hybridized carbons (Fsp3) is 0.870. The van der Waals surface area contributed by atoms with Crippen molar-refractivity contribution in [1.29, 1.82) is 0 Å². The smallest absolute Gasteiger partial charge is 0.141 e. The number of likely N-dealkylation sites (N-methyl/N-ethyl adjacent to an activating group) is 1. The summed E-state index contributed by atoms with van der Waals surface area (Å²) in [7, 11) is 2.33. The van der Waals surface area contributed by atoms with Crippen molar-refractivity contribution in [2.24, 2.45) is 11.8 Å². The highest BCUT2D eigenvalue weighted by Crippen LogP contribution is 2.52. The lowest BCUT2D eigenvalue weighted by Gasteiger charge is -2.46. The largest absolute Gasteiger partial charge is 0.361 e. The van der Waals surface area contributed by atoms with Crippen molar-refractivity contribution in [2.45, 2.75) is 105 Å². The molecule has 0 aromatic carbocycles. The second kappa shape index (κ2) is 8.12. The van der Waals surface area contributed by atoms with Crippen LogP contribution in [0, 0.1) is 11.8 Å². The molecule has 5 heteroatoms. The molecule has 2 unspecified atom stereocenters. The van der Waals surface area contributed by atoms with Crippen LogP contribution in [0.25, 0.3) is 0 Å². The van der Waals surface area contributed by atoms with E-state index in [1.54, 1.807) is 0 Å². The van der Waals surface area contributed by atoms with E-state index in [0.717, 1.165) is 49.3 Å². The van der Waals surface area contributed by atoms with E-state index in [4.69, 9.17) is 27.7 Å². The lowest BCUT2D eigenvalue weighted by molar-refractivity contribution is 0.0519. The van der Waals surface area contributed by atoms with Crippen LogP contribution in [0.2, 0.25) is 0 Å². The molecule has 0 amide bonds. The predicted molar refractivity (Wildman–Crippen MR) is 114 cm³/mol. The number of hydrogen-bond donors (Lipinski definition) is 0. The average Bonchev–Trinajstić information content (AvgIpc) is 3.26. The number of hydrogen-bond acceptors (Lipinski definition) is 3. The van der Waals surface area contributed by atoms with E-state index in [1.807, 2.05) is 0 Å². The minimum Gasteiger partial charge on any atom is -0.361 e. The molecule has 2 aliphatic heterocycles. The average molecular weight is 425 g/mol. The molecule has 3 nitrogen and oxygen atoms in total. The number of alkyl halides is 2. The van der Waals surface area contributed by atoms with Gasteiger partial charge in [0, 0.05) is 40.7 Å². The Morgan fingerprint density at radius 2 is 1.61 bits per heavy atom. The highest BCUT2D eigenvalue weighted by Gasteiger charge is 2.50. The second-order valence-electron chi connectivity index (χ2n) is 10.0. The van der Waals surface area contributed by atoms with E-state index < -0.39 is 0 Å². The van der Waals surface area contributed by atoms with Crippen LogP contribution in [-0.2, 0) is 0 Å². The number of fused-ring (bicyclic) bond motifs is 2. The van der Waals surface area contributed by atoms with Crippen LogP contribution in [0.1, 0.15) is 93.9 Å². The van der Waals surface area contributed by atoms with E-state index in [1.165, 1.54) is 50.6 Å². The first-order valence-electron chi connectivity index (χ1n) is 11.6. The van der Waals surface area contributed by atoms with E-state index in [0.29, 0.717) is 28.6 Å². The first-order chi connectivity index (χ1) is 13.6. The van der Waals surface area contributed by atoms with Gasteiger partial charge in [0.15, 0.2) is 0 Å². The van der Waals surface area contributed by atoms with Gasteiger partial charge in [0.2, 0.25) is 0 Å². The van der Waals surface area contributed by atoms with E-state index in [9.17, 15) is 0 Å². The van der Waals surface area contributed by atoms with Crippen LogP contribution >= 0.6 is 23.2 Å². The van der Waals surface area contributed by atoms with Gasteiger partial charge in [-0.25, -0.2) is 0 Å². The number of nitrogens with zero attached hydrogens (tertiary/aromatic N) is 2. The Hall–Kier alpha value is -0.250. The van der Waals surface area contributed by atoms with Gasteiger partial charge >= 0.3 is 0 Å². The maximum atomic E-state index is 6.42. The highest BCUT2D eigenvalue weighted by atomic mass is 35.5. The van der Waals surface area contributed by atoms with Gasteiger partial charge in [-0.3, -0.25) is 4.90 Å². The molecule has 0 N–H and O–H groups in total. The summed E-state index contributed by atoms with van der Waals surface area (Å²) >= 11 is 12.7. The molecule has 4 atom stereocenters. The van der Waals surface area contributed by atoms with Gasteiger partial charge in [-0.15, -0.1) is 23.2 Å². The standard InChI is InChI=1S/C23H34Cl2N2O/c1-27-18-10-11-21(27)23(19(12-18)14-2-6-16(24)7-3-14)22-13-20(26-28-22)15-4-8-17(25)9-5-15/h13-19,21,23H,2-12H2,1H3/t14?,15?,16?,17?,18?,19-,21?,23+/m1/s1. The van der Waals surface area contributed by atoms with Gasteiger partial charge < -0.3 is 4.52 Å². The maximum Gasteiger partial charge on any atom is 0.141 e. The van der Waals surface area contributed by atoms with Crippen molar-refractivity contribution in [3.05, 3.63) is 17.5 Å². The number of piperidine rings is 1. The second-order valence-corrected chi connectivity index (χ2v) is 11.2. The molecular formula is C23H34Cl2N2O. The van der Waals surface area contributed by atoms with Crippen molar-refractivity contribution < 1.29 is 4.52 Å². The van der Waals surface area contributed by atoms with Crippen molar-refractivity contribution in [2.75, 3.05) is 7.05 Å². The summed E-state index contributed by atoms with van der Waals surface area (Å²) in [5, 5.41) is 5.33. The molecule has 28 heavy (non-hydrogen) atoms. The summed E-state index contributed by atoms with van der Waals surface area (Å²) in [4.78, 5) is 2.65. The molecule has 2 bridgehead atoms. The maximum absolute atomic E-state index is 6.42. The van der Waals surface area contributed by atoms with Crippen molar-refractivity contribution in [3.8, 4) is 0 Å². The van der Waals surface area contributed by atoms with Crippen molar-refractivity contribution in [3.63, 3.8) is 0 Å². The fourth-order valence-electron chi connectivity index (χ4n) is 6.90. The summed E-state index contributed by atoms with van der Waals surface area (Å²) in [6, 6.07) is 3.72. The van der Waals surface area contributed by atoms with Gasteiger partial charge in [0.1, 0.15) is 5.76 Å². The molecule has 0 spiro atoms. The Balaban J connectivity index is 1.39. The monoisotopic (exact) mass is 424 g/mol. The van der Waals surface area contributed by atoms with Crippen LogP contribution in [0.15, 0.2) is 10.6 Å². The fourth-order valence-corrected chi connectivity index (χ4v) is 7.40. The molecule has 2 aliphatic carbocycles. The van der Waals surface area contributed by atoms with Crippen LogP contribution in [0.3, 0.4) is 0 Å². The van der Waals surface area contributed by atoms with Gasteiger partial charge in [-0.2, -0.15) is 0 Å². The summed E-state index contributed by atoms with van der Waals surface area (Å²) in [5.41, 5.74) is 1.18. The van der Waals surface area contributed by atoms with Crippen LogP contribution in [0.5, 0.6) is 0 Å². The molecular weight excluding hydrogens is 391 g/mol. The van der Waals surface area contributed by atoms with Gasteiger partial charge in [-0.1, -0.05) is 5.16 Å². The first kappa shape index (κ1) is 19.7. The summed E-state index contributed by atoms with van der Waals surface area (Å²) < 4.78 is 6.09. The predicted octanol–water partition coefficient (Wildman–Crippen LogP) is 6.30. The molecule has 2 saturated carbocycles. The number of halogens is 2. The minimum atomic E-state index is 0.353. The van der Waals surface area contributed by atoms with Gasteiger partial charge in [0.05, 0.1) is 5.69 Å². The van der Waals surface area contributed by atoms with Gasteiger partial charge in [-0.05, 0) is 89.5 Å². The third-order valence-corrected chi connectivity index (χ3v) is 9.44. The molecule has 0 radical (unpaired) electrons. The molecule has 2 saturated heterocycles. The summed E-state index contributed by atoms with van der Waals surface area (Å²) in [6.45, 7) is 0. The van der Waals surface area contributed by atoms with Crippen molar-refractivity contribution in [1.82, 2.24) is 10.1 Å². The Kier molecular flexibility index (Phi) is 5.71. The first-order valence-corrected chi connectivity index (χ1v) is 12.4. The molecule has 4 aliphatic rings. The van der Waals surface area contributed by atoms with E-state index in [2.05, 4.69) is 23.2 Å².